The quantitative estimate of drug-likeness (QED) is 0.871. The Hall–Kier alpha value is -2.26. The fourth-order valence-electron chi connectivity index (χ4n) is 2.48. The summed E-state index contributed by atoms with van der Waals surface area (Å²) in [6, 6.07) is 4.27. The molecule has 0 bridgehead atoms. The van der Waals surface area contributed by atoms with Crippen LogP contribution in [0, 0.1) is 22.6 Å². The summed E-state index contributed by atoms with van der Waals surface area (Å²) in [5.74, 6) is -1.48. The van der Waals surface area contributed by atoms with E-state index in [9.17, 15) is 14.3 Å². The predicted octanol–water partition coefficient (Wildman–Crippen LogP) is 3.68. The van der Waals surface area contributed by atoms with Gasteiger partial charge in [-0.2, -0.15) is 5.26 Å². The first-order chi connectivity index (χ1) is 10.3. The third kappa shape index (κ3) is 2.18. The SMILES string of the molecule is CC1(C)CCc2nc(-c3cc(F)c(O)c(C#N)c3)sc2C1=O. The number of aromatic hydroxyl groups is 1. The molecule has 0 fully saturated rings. The Balaban J connectivity index is 2.11. The van der Waals surface area contributed by atoms with Crippen LogP contribution < -0.4 is 0 Å². The number of hydrogen-bond acceptors (Lipinski definition) is 5. The molecule has 22 heavy (non-hydrogen) atoms. The first-order valence-corrected chi connectivity index (χ1v) is 7.62. The molecule has 4 nitrogen and oxygen atoms in total. The lowest BCUT2D eigenvalue weighted by atomic mass is 9.78. The maximum atomic E-state index is 13.7. The van der Waals surface area contributed by atoms with Crippen molar-refractivity contribution in [3.63, 3.8) is 0 Å². The van der Waals surface area contributed by atoms with E-state index in [0.29, 0.717) is 21.9 Å². The van der Waals surface area contributed by atoms with Gasteiger partial charge >= 0.3 is 0 Å². The molecule has 0 aliphatic heterocycles. The average molecular weight is 316 g/mol. The standard InChI is InChI=1S/C16H13FN2O2S/c1-16(2)4-3-11-13(14(16)21)22-15(19-11)8-5-9(7-18)12(20)10(17)6-8/h5-6,20H,3-4H2,1-2H3. The molecular formula is C16H13FN2O2S. The fourth-order valence-corrected chi connectivity index (χ4v) is 3.70. The number of phenols is 1. The normalized spacial score (nSPS) is 16.2. The highest BCUT2D eigenvalue weighted by atomic mass is 32.1. The summed E-state index contributed by atoms with van der Waals surface area (Å²) in [4.78, 5) is 17.5. The zero-order chi connectivity index (χ0) is 16.1. The molecule has 6 heteroatoms. The highest BCUT2D eigenvalue weighted by Gasteiger charge is 2.36. The van der Waals surface area contributed by atoms with E-state index in [-0.39, 0.29) is 11.3 Å². The second-order valence-electron chi connectivity index (χ2n) is 5.97. The van der Waals surface area contributed by atoms with Gasteiger partial charge in [0, 0.05) is 11.0 Å². The maximum Gasteiger partial charge on any atom is 0.180 e. The Morgan fingerprint density at radius 1 is 1.45 bits per heavy atom. The monoisotopic (exact) mass is 316 g/mol. The summed E-state index contributed by atoms with van der Waals surface area (Å²) >= 11 is 1.21. The van der Waals surface area contributed by atoms with Gasteiger partial charge in [0.2, 0.25) is 0 Å². The summed E-state index contributed by atoms with van der Waals surface area (Å²) in [6.07, 6.45) is 1.44. The summed E-state index contributed by atoms with van der Waals surface area (Å²) in [7, 11) is 0. The molecule has 3 rings (SSSR count). The molecule has 0 spiro atoms. The van der Waals surface area contributed by atoms with Gasteiger partial charge < -0.3 is 5.11 Å². The molecule has 1 heterocycles. The molecule has 1 aromatic heterocycles. The molecular weight excluding hydrogens is 303 g/mol. The van der Waals surface area contributed by atoms with Crippen molar-refractivity contribution in [1.29, 1.82) is 5.26 Å². The van der Waals surface area contributed by atoms with Crippen LogP contribution in [-0.2, 0) is 6.42 Å². The number of aryl methyl sites for hydroxylation is 1. The van der Waals surface area contributed by atoms with Crippen LogP contribution in [0.5, 0.6) is 5.75 Å². The second-order valence-corrected chi connectivity index (χ2v) is 6.97. The van der Waals surface area contributed by atoms with Crippen molar-refractivity contribution in [2.24, 2.45) is 5.41 Å². The van der Waals surface area contributed by atoms with Crippen LogP contribution in [-0.4, -0.2) is 15.9 Å². The highest BCUT2D eigenvalue weighted by Crippen LogP contribution is 2.40. The Kier molecular flexibility index (Phi) is 3.26. The maximum absolute atomic E-state index is 13.7. The van der Waals surface area contributed by atoms with Gasteiger partial charge in [0.25, 0.3) is 0 Å². The molecule has 1 aliphatic rings. The van der Waals surface area contributed by atoms with Crippen LogP contribution in [0.1, 0.15) is 41.2 Å². The van der Waals surface area contributed by atoms with Crippen LogP contribution in [0.25, 0.3) is 10.6 Å². The lowest BCUT2D eigenvalue weighted by Gasteiger charge is -2.26. The first-order valence-electron chi connectivity index (χ1n) is 6.81. The van der Waals surface area contributed by atoms with Crippen LogP contribution in [0.4, 0.5) is 4.39 Å². The van der Waals surface area contributed by atoms with Crippen LogP contribution in [0.2, 0.25) is 0 Å². The van der Waals surface area contributed by atoms with Crippen molar-refractivity contribution >= 4 is 17.1 Å². The molecule has 0 radical (unpaired) electrons. The fraction of sp³-hybridized carbons (Fsp3) is 0.312. The molecule has 0 saturated heterocycles. The third-order valence-corrected chi connectivity index (χ3v) is 5.08. The first kappa shape index (κ1) is 14.7. The molecule has 1 N–H and O–H groups in total. The number of thiazole rings is 1. The summed E-state index contributed by atoms with van der Waals surface area (Å²) in [5, 5.41) is 18.9. The Morgan fingerprint density at radius 2 is 2.18 bits per heavy atom. The number of benzene rings is 1. The summed E-state index contributed by atoms with van der Waals surface area (Å²) in [6.45, 7) is 3.82. The number of hydrogen-bond donors (Lipinski definition) is 1. The zero-order valence-electron chi connectivity index (χ0n) is 12.1. The van der Waals surface area contributed by atoms with Gasteiger partial charge in [-0.25, -0.2) is 9.37 Å². The van der Waals surface area contributed by atoms with E-state index in [4.69, 9.17) is 5.26 Å². The molecule has 1 aromatic carbocycles. The number of halogens is 1. The topological polar surface area (TPSA) is 74.0 Å². The molecule has 1 aliphatic carbocycles. The van der Waals surface area contributed by atoms with E-state index in [2.05, 4.69) is 4.98 Å². The van der Waals surface area contributed by atoms with Crippen molar-refractivity contribution in [3.8, 4) is 22.4 Å². The number of nitriles is 1. The number of carbonyl (C=O) groups excluding carboxylic acids is 1. The number of fused-ring (bicyclic) bond motifs is 1. The number of carbonyl (C=O) groups is 1. The zero-order valence-corrected chi connectivity index (χ0v) is 12.9. The van der Waals surface area contributed by atoms with Gasteiger partial charge in [-0.05, 0) is 25.0 Å². The smallest absolute Gasteiger partial charge is 0.180 e. The molecule has 2 aromatic rings. The third-order valence-electron chi connectivity index (χ3n) is 3.94. The largest absolute Gasteiger partial charge is 0.504 e. The number of ketones is 1. The lowest BCUT2D eigenvalue weighted by Crippen LogP contribution is -2.29. The van der Waals surface area contributed by atoms with Gasteiger partial charge in [0.15, 0.2) is 17.3 Å². The molecule has 0 amide bonds. The van der Waals surface area contributed by atoms with Gasteiger partial charge in [0.05, 0.1) is 16.1 Å². The number of Topliss-reactive ketones (excluding diaryl/α,β-unsaturated/α-hetero) is 1. The van der Waals surface area contributed by atoms with E-state index < -0.39 is 17.0 Å². The molecule has 0 unspecified atom stereocenters. The van der Waals surface area contributed by atoms with Crippen molar-refractivity contribution in [3.05, 3.63) is 34.1 Å². The van der Waals surface area contributed by atoms with Gasteiger partial charge in [-0.15, -0.1) is 11.3 Å². The van der Waals surface area contributed by atoms with Crippen LogP contribution in [0.15, 0.2) is 12.1 Å². The predicted molar refractivity (Wildman–Crippen MR) is 80.3 cm³/mol. The second kappa shape index (κ2) is 4.89. The van der Waals surface area contributed by atoms with E-state index in [1.54, 1.807) is 6.07 Å². The van der Waals surface area contributed by atoms with E-state index in [1.807, 2.05) is 13.8 Å². The number of nitrogens with zero attached hydrogens (tertiary/aromatic N) is 2. The summed E-state index contributed by atoms with van der Waals surface area (Å²) in [5.41, 5.74) is 0.581. The Bertz CT molecular complexity index is 833. The van der Waals surface area contributed by atoms with Crippen LogP contribution in [0.3, 0.4) is 0 Å². The molecule has 0 saturated carbocycles. The van der Waals surface area contributed by atoms with Gasteiger partial charge in [0.1, 0.15) is 11.1 Å². The van der Waals surface area contributed by atoms with Gasteiger partial charge in [-0.1, -0.05) is 13.8 Å². The minimum absolute atomic E-state index is 0.0530. The highest BCUT2D eigenvalue weighted by molar-refractivity contribution is 7.17. The Labute approximate surface area is 130 Å². The van der Waals surface area contributed by atoms with Crippen molar-refractivity contribution in [2.75, 3.05) is 0 Å². The van der Waals surface area contributed by atoms with Crippen molar-refractivity contribution < 1.29 is 14.3 Å². The summed E-state index contributed by atoms with van der Waals surface area (Å²) < 4.78 is 13.7. The van der Waals surface area contributed by atoms with Crippen molar-refractivity contribution in [2.45, 2.75) is 26.7 Å². The van der Waals surface area contributed by atoms with Crippen LogP contribution >= 0.6 is 11.3 Å². The Morgan fingerprint density at radius 3 is 2.86 bits per heavy atom. The number of phenolic OH excluding ortho intramolecular Hbond substituents is 1. The molecule has 0 atom stereocenters. The molecule has 112 valence electrons. The average Bonchev–Trinajstić information content (AvgIpc) is 2.91. The lowest BCUT2D eigenvalue weighted by molar-refractivity contribution is 0.0815. The van der Waals surface area contributed by atoms with E-state index in [0.717, 1.165) is 18.2 Å². The van der Waals surface area contributed by atoms with Crippen molar-refractivity contribution in [1.82, 2.24) is 4.98 Å². The van der Waals surface area contributed by atoms with Gasteiger partial charge in [-0.3, -0.25) is 4.79 Å². The minimum atomic E-state index is -0.867. The number of aromatic nitrogens is 1. The number of rotatable bonds is 1. The minimum Gasteiger partial charge on any atom is -0.504 e. The van der Waals surface area contributed by atoms with E-state index >= 15 is 0 Å². The van der Waals surface area contributed by atoms with E-state index in [1.165, 1.54) is 17.4 Å².